The standard InChI is InChI=1S/C13H19NO3/c1-9(8-12(15)16)13(14-2)10-6-4-5-7-11(10)17-3/h4-7,9,13-14H,8H2,1-3H3,(H,15,16). The quantitative estimate of drug-likeness (QED) is 0.795. The van der Waals surface area contributed by atoms with Gasteiger partial charge < -0.3 is 15.2 Å². The maximum Gasteiger partial charge on any atom is 0.303 e. The van der Waals surface area contributed by atoms with Crippen molar-refractivity contribution in [1.82, 2.24) is 5.32 Å². The number of aliphatic carboxylic acids is 1. The molecule has 0 spiro atoms. The van der Waals surface area contributed by atoms with Gasteiger partial charge in [0.15, 0.2) is 0 Å². The molecule has 0 fully saturated rings. The second kappa shape index (κ2) is 6.25. The van der Waals surface area contributed by atoms with Crippen molar-refractivity contribution >= 4 is 5.97 Å². The molecule has 0 bridgehead atoms. The van der Waals surface area contributed by atoms with E-state index in [1.54, 1.807) is 7.11 Å². The van der Waals surface area contributed by atoms with Crippen LogP contribution in [0.1, 0.15) is 24.9 Å². The molecule has 2 atom stereocenters. The van der Waals surface area contributed by atoms with Crippen molar-refractivity contribution < 1.29 is 14.6 Å². The summed E-state index contributed by atoms with van der Waals surface area (Å²) in [6.07, 6.45) is 0.129. The predicted molar refractivity (Wildman–Crippen MR) is 66.2 cm³/mol. The maximum absolute atomic E-state index is 10.8. The summed E-state index contributed by atoms with van der Waals surface area (Å²) in [4.78, 5) is 10.8. The number of nitrogens with one attached hydrogen (secondary N) is 1. The molecule has 1 aromatic carbocycles. The van der Waals surface area contributed by atoms with Gasteiger partial charge in [0.2, 0.25) is 0 Å². The summed E-state index contributed by atoms with van der Waals surface area (Å²) < 4.78 is 5.30. The zero-order valence-corrected chi connectivity index (χ0v) is 10.4. The van der Waals surface area contributed by atoms with Crippen LogP contribution in [0, 0.1) is 5.92 Å². The van der Waals surface area contributed by atoms with Crippen LogP contribution < -0.4 is 10.1 Å². The second-order valence-corrected chi connectivity index (χ2v) is 4.08. The van der Waals surface area contributed by atoms with E-state index in [2.05, 4.69) is 5.32 Å². The van der Waals surface area contributed by atoms with Crippen molar-refractivity contribution in [3.8, 4) is 5.75 Å². The lowest BCUT2D eigenvalue weighted by Crippen LogP contribution is -2.25. The van der Waals surface area contributed by atoms with Crippen LogP contribution in [0.5, 0.6) is 5.75 Å². The molecule has 0 heterocycles. The lowest BCUT2D eigenvalue weighted by Gasteiger charge is -2.24. The van der Waals surface area contributed by atoms with E-state index in [-0.39, 0.29) is 18.4 Å². The average molecular weight is 237 g/mol. The third-order valence-corrected chi connectivity index (χ3v) is 2.85. The van der Waals surface area contributed by atoms with Crippen LogP contribution in [-0.2, 0) is 4.79 Å². The number of carboxylic acid groups (broad SMARTS) is 1. The van der Waals surface area contributed by atoms with Crippen LogP contribution in [0.2, 0.25) is 0 Å². The first-order valence-electron chi connectivity index (χ1n) is 5.62. The first-order chi connectivity index (χ1) is 8.10. The van der Waals surface area contributed by atoms with E-state index >= 15 is 0 Å². The van der Waals surface area contributed by atoms with Gasteiger partial charge in [-0.3, -0.25) is 4.79 Å². The molecule has 1 aromatic rings. The number of ether oxygens (including phenoxy) is 1. The van der Waals surface area contributed by atoms with Gasteiger partial charge in [0.1, 0.15) is 5.75 Å². The van der Waals surface area contributed by atoms with Gasteiger partial charge in [-0.05, 0) is 19.0 Å². The predicted octanol–water partition coefficient (Wildman–Crippen LogP) is 2.07. The molecule has 2 N–H and O–H groups in total. The molecule has 17 heavy (non-hydrogen) atoms. The zero-order valence-electron chi connectivity index (χ0n) is 10.4. The van der Waals surface area contributed by atoms with E-state index in [1.165, 1.54) is 0 Å². The first-order valence-corrected chi connectivity index (χ1v) is 5.62. The molecular weight excluding hydrogens is 218 g/mol. The third-order valence-electron chi connectivity index (χ3n) is 2.85. The first kappa shape index (κ1) is 13.5. The minimum absolute atomic E-state index is 0.00574. The fraction of sp³-hybridized carbons (Fsp3) is 0.462. The number of methoxy groups -OCH3 is 1. The van der Waals surface area contributed by atoms with Gasteiger partial charge in [0.05, 0.1) is 7.11 Å². The third kappa shape index (κ3) is 3.46. The van der Waals surface area contributed by atoms with Crippen molar-refractivity contribution in [1.29, 1.82) is 0 Å². The van der Waals surface area contributed by atoms with E-state index in [9.17, 15) is 4.79 Å². The Hall–Kier alpha value is -1.55. The van der Waals surface area contributed by atoms with E-state index in [1.807, 2.05) is 38.2 Å². The van der Waals surface area contributed by atoms with Crippen LogP contribution in [-0.4, -0.2) is 25.2 Å². The van der Waals surface area contributed by atoms with Gasteiger partial charge in [-0.1, -0.05) is 25.1 Å². The monoisotopic (exact) mass is 237 g/mol. The number of carboxylic acids is 1. The van der Waals surface area contributed by atoms with E-state index in [0.717, 1.165) is 11.3 Å². The van der Waals surface area contributed by atoms with Gasteiger partial charge >= 0.3 is 5.97 Å². The van der Waals surface area contributed by atoms with Crippen LogP contribution in [0.25, 0.3) is 0 Å². The van der Waals surface area contributed by atoms with E-state index < -0.39 is 5.97 Å². The molecule has 0 amide bonds. The van der Waals surface area contributed by atoms with Crippen LogP contribution in [0.4, 0.5) is 0 Å². The van der Waals surface area contributed by atoms with Gasteiger partial charge in [0, 0.05) is 18.0 Å². The van der Waals surface area contributed by atoms with E-state index in [4.69, 9.17) is 9.84 Å². The van der Waals surface area contributed by atoms with Crippen molar-refractivity contribution in [2.45, 2.75) is 19.4 Å². The topological polar surface area (TPSA) is 58.6 Å². The number of hydrogen-bond acceptors (Lipinski definition) is 3. The van der Waals surface area contributed by atoms with Crippen molar-refractivity contribution in [3.05, 3.63) is 29.8 Å². The highest BCUT2D eigenvalue weighted by atomic mass is 16.5. The number of carbonyl (C=O) groups is 1. The molecule has 4 nitrogen and oxygen atoms in total. The molecule has 4 heteroatoms. The summed E-state index contributed by atoms with van der Waals surface area (Å²) in [6.45, 7) is 1.92. The highest BCUT2D eigenvalue weighted by molar-refractivity contribution is 5.67. The maximum atomic E-state index is 10.8. The minimum Gasteiger partial charge on any atom is -0.496 e. The zero-order chi connectivity index (χ0) is 12.8. The highest BCUT2D eigenvalue weighted by Crippen LogP contribution is 2.31. The Morgan fingerprint density at radius 3 is 2.65 bits per heavy atom. The largest absolute Gasteiger partial charge is 0.496 e. The molecule has 0 aliphatic heterocycles. The van der Waals surface area contributed by atoms with Crippen LogP contribution in [0.15, 0.2) is 24.3 Å². The van der Waals surface area contributed by atoms with Crippen molar-refractivity contribution in [2.75, 3.05) is 14.2 Å². The summed E-state index contributed by atoms with van der Waals surface area (Å²) in [7, 11) is 3.45. The van der Waals surface area contributed by atoms with Crippen molar-refractivity contribution in [2.24, 2.45) is 5.92 Å². The molecule has 94 valence electrons. The van der Waals surface area contributed by atoms with Gasteiger partial charge in [-0.25, -0.2) is 0 Å². The number of hydrogen-bond donors (Lipinski definition) is 2. The fourth-order valence-corrected chi connectivity index (χ4v) is 2.06. The highest BCUT2D eigenvalue weighted by Gasteiger charge is 2.22. The Morgan fingerprint density at radius 2 is 2.12 bits per heavy atom. The number of benzene rings is 1. The summed E-state index contributed by atoms with van der Waals surface area (Å²) in [6, 6.07) is 7.64. The van der Waals surface area contributed by atoms with Crippen LogP contribution in [0.3, 0.4) is 0 Å². The molecule has 0 saturated carbocycles. The molecule has 0 aliphatic carbocycles. The lowest BCUT2D eigenvalue weighted by molar-refractivity contribution is -0.138. The molecule has 0 aliphatic rings. The molecule has 1 rings (SSSR count). The second-order valence-electron chi connectivity index (χ2n) is 4.08. The lowest BCUT2D eigenvalue weighted by atomic mass is 9.91. The van der Waals surface area contributed by atoms with Gasteiger partial charge in [0.25, 0.3) is 0 Å². The normalized spacial score (nSPS) is 14.1. The van der Waals surface area contributed by atoms with Crippen molar-refractivity contribution in [3.63, 3.8) is 0 Å². The SMILES string of the molecule is CNC(c1ccccc1OC)C(C)CC(=O)O. The summed E-state index contributed by atoms with van der Waals surface area (Å²) >= 11 is 0. The number of para-hydroxylation sites is 1. The smallest absolute Gasteiger partial charge is 0.303 e. The minimum atomic E-state index is -0.785. The summed E-state index contributed by atoms with van der Waals surface area (Å²) in [5.74, 6) is -0.00876. The summed E-state index contributed by atoms with van der Waals surface area (Å²) in [5, 5.41) is 12.0. The molecule has 0 saturated heterocycles. The Labute approximate surface area is 102 Å². The Bertz CT molecular complexity index is 379. The van der Waals surface area contributed by atoms with E-state index in [0.29, 0.717) is 0 Å². The summed E-state index contributed by atoms with van der Waals surface area (Å²) in [5.41, 5.74) is 0.992. The van der Waals surface area contributed by atoms with Gasteiger partial charge in [-0.15, -0.1) is 0 Å². The molecule has 2 unspecified atom stereocenters. The number of rotatable bonds is 6. The van der Waals surface area contributed by atoms with Gasteiger partial charge in [-0.2, -0.15) is 0 Å². The molecule has 0 radical (unpaired) electrons. The molecule has 0 aromatic heterocycles. The van der Waals surface area contributed by atoms with Crippen LogP contribution >= 0.6 is 0 Å². The fourth-order valence-electron chi connectivity index (χ4n) is 2.06. The Morgan fingerprint density at radius 1 is 1.47 bits per heavy atom. The Balaban J connectivity index is 2.96. The Kier molecular flexibility index (Phi) is 4.97. The molecular formula is C13H19NO3. The average Bonchev–Trinajstić information content (AvgIpc) is 2.29.